The number of rotatable bonds is 2. The van der Waals surface area contributed by atoms with Crippen molar-refractivity contribution in [2.24, 2.45) is 0 Å². The molecule has 94 valence electrons. The number of aliphatic hydroxyl groups excluding tert-OH is 1. The monoisotopic (exact) mass is 246 g/mol. The summed E-state index contributed by atoms with van der Waals surface area (Å²) in [5.41, 5.74) is 3.34. The van der Waals surface area contributed by atoms with Crippen molar-refractivity contribution >= 4 is 0 Å². The van der Waals surface area contributed by atoms with E-state index in [1.807, 2.05) is 0 Å². The van der Waals surface area contributed by atoms with Gasteiger partial charge in [0, 0.05) is 5.56 Å². The first-order valence-electron chi connectivity index (χ1n) is 5.73. The predicted molar refractivity (Wildman–Crippen MR) is 66.7 cm³/mol. The molecule has 1 aromatic heterocycles. The molecule has 1 aromatic carbocycles. The second-order valence-electron chi connectivity index (χ2n) is 4.49. The van der Waals surface area contributed by atoms with Gasteiger partial charge in [-0.25, -0.2) is 4.39 Å². The summed E-state index contributed by atoms with van der Waals surface area (Å²) in [6.45, 7) is 5.37. The number of nitrogens with zero attached hydrogens (tertiary/aromatic N) is 2. The van der Waals surface area contributed by atoms with Crippen molar-refractivity contribution in [2.45, 2.75) is 26.9 Å². The van der Waals surface area contributed by atoms with Crippen LogP contribution in [-0.2, 0) is 0 Å². The van der Waals surface area contributed by atoms with Gasteiger partial charge in [0.05, 0.1) is 11.4 Å². The van der Waals surface area contributed by atoms with E-state index in [4.69, 9.17) is 0 Å². The van der Waals surface area contributed by atoms with Crippen LogP contribution in [0.3, 0.4) is 0 Å². The van der Waals surface area contributed by atoms with E-state index in [9.17, 15) is 9.50 Å². The van der Waals surface area contributed by atoms with Crippen molar-refractivity contribution in [3.05, 3.63) is 58.2 Å². The normalized spacial score (nSPS) is 12.5. The van der Waals surface area contributed by atoms with E-state index in [1.54, 1.807) is 32.9 Å². The maximum Gasteiger partial charge on any atom is 0.123 e. The van der Waals surface area contributed by atoms with Gasteiger partial charge in [-0.05, 0) is 50.1 Å². The quantitative estimate of drug-likeness (QED) is 0.886. The lowest BCUT2D eigenvalue weighted by Crippen LogP contribution is -2.06. The molecule has 4 heteroatoms. The molecule has 2 aromatic rings. The van der Waals surface area contributed by atoms with Crippen LogP contribution in [0.5, 0.6) is 0 Å². The van der Waals surface area contributed by atoms with E-state index < -0.39 is 6.10 Å². The lowest BCUT2D eigenvalue weighted by atomic mass is 9.99. The van der Waals surface area contributed by atoms with E-state index in [1.165, 1.54) is 12.1 Å². The summed E-state index contributed by atoms with van der Waals surface area (Å²) >= 11 is 0. The molecule has 0 saturated heterocycles. The fraction of sp³-hybridized carbons (Fsp3) is 0.286. The first-order valence-corrected chi connectivity index (χ1v) is 5.73. The second kappa shape index (κ2) is 4.82. The predicted octanol–water partition coefficient (Wildman–Crippen LogP) is 2.62. The molecule has 0 amide bonds. The molecule has 0 saturated carbocycles. The van der Waals surface area contributed by atoms with Gasteiger partial charge in [0.2, 0.25) is 0 Å². The number of benzene rings is 1. The molecule has 3 nitrogen and oxygen atoms in total. The van der Waals surface area contributed by atoms with Gasteiger partial charge >= 0.3 is 0 Å². The SMILES string of the molecule is Cc1cc(F)cc(C(O)c2cc(C)nnc2C)c1. The van der Waals surface area contributed by atoms with Crippen LogP contribution in [0.15, 0.2) is 24.3 Å². The highest BCUT2D eigenvalue weighted by atomic mass is 19.1. The molecular formula is C14H15FN2O. The zero-order valence-electron chi connectivity index (χ0n) is 10.6. The van der Waals surface area contributed by atoms with Crippen LogP contribution in [0.1, 0.15) is 34.2 Å². The van der Waals surface area contributed by atoms with Crippen molar-refractivity contribution < 1.29 is 9.50 Å². The van der Waals surface area contributed by atoms with Crippen molar-refractivity contribution in [3.8, 4) is 0 Å². The number of hydrogen-bond acceptors (Lipinski definition) is 3. The van der Waals surface area contributed by atoms with Gasteiger partial charge in [-0.1, -0.05) is 6.07 Å². The Morgan fingerprint density at radius 2 is 1.78 bits per heavy atom. The average molecular weight is 246 g/mol. The van der Waals surface area contributed by atoms with Crippen molar-refractivity contribution in [2.75, 3.05) is 0 Å². The third kappa shape index (κ3) is 2.54. The molecule has 0 aliphatic carbocycles. The highest BCUT2D eigenvalue weighted by Crippen LogP contribution is 2.25. The van der Waals surface area contributed by atoms with Gasteiger partial charge in [-0.3, -0.25) is 0 Å². The first kappa shape index (κ1) is 12.6. The fourth-order valence-electron chi connectivity index (χ4n) is 1.95. The van der Waals surface area contributed by atoms with Gasteiger partial charge in [0.15, 0.2) is 0 Å². The minimum Gasteiger partial charge on any atom is -0.384 e. The summed E-state index contributed by atoms with van der Waals surface area (Å²) in [5.74, 6) is -0.347. The number of halogens is 1. The Hall–Kier alpha value is -1.81. The minimum atomic E-state index is -0.881. The zero-order valence-corrected chi connectivity index (χ0v) is 10.6. The van der Waals surface area contributed by atoms with Gasteiger partial charge in [-0.2, -0.15) is 10.2 Å². The van der Waals surface area contributed by atoms with Gasteiger partial charge < -0.3 is 5.11 Å². The molecule has 1 unspecified atom stereocenters. The van der Waals surface area contributed by atoms with Crippen LogP contribution in [0.2, 0.25) is 0 Å². The summed E-state index contributed by atoms with van der Waals surface area (Å²) in [4.78, 5) is 0. The molecule has 1 N–H and O–H groups in total. The van der Waals surface area contributed by atoms with Gasteiger partial charge in [0.1, 0.15) is 11.9 Å². The van der Waals surface area contributed by atoms with Crippen molar-refractivity contribution in [3.63, 3.8) is 0 Å². The summed E-state index contributed by atoms with van der Waals surface area (Å²) in [7, 11) is 0. The third-order valence-corrected chi connectivity index (χ3v) is 2.81. The number of aryl methyl sites for hydroxylation is 3. The molecule has 2 rings (SSSR count). The highest BCUT2D eigenvalue weighted by molar-refractivity contribution is 5.34. The lowest BCUT2D eigenvalue weighted by molar-refractivity contribution is 0.218. The fourth-order valence-corrected chi connectivity index (χ4v) is 1.95. The molecule has 18 heavy (non-hydrogen) atoms. The summed E-state index contributed by atoms with van der Waals surface area (Å²) in [5, 5.41) is 18.2. The van der Waals surface area contributed by atoms with E-state index in [2.05, 4.69) is 10.2 Å². The van der Waals surface area contributed by atoms with Crippen LogP contribution in [0, 0.1) is 26.6 Å². The zero-order chi connectivity index (χ0) is 13.3. The topological polar surface area (TPSA) is 46.0 Å². The largest absolute Gasteiger partial charge is 0.384 e. The average Bonchev–Trinajstić information content (AvgIpc) is 2.30. The Kier molecular flexibility index (Phi) is 3.39. The maximum absolute atomic E-state index is 13.3. The standard InChI is InChI=1S/C14H15FN2O/c1-8-4-11(7-12(15)5-8)14(18)13-6-9(2)16-17-10(13)3/h4-7,14,18H,1-3H3. The molecular weight excluding hydrogens is 231 g/mol. The number of aromatic nitrogens is 2. The van der Waals surface area contributed by atoms with E-state index in [0.29, 0.717) is 16.8 Å². The Labute approximate surface area is 105 Å². The Balaban J connectivity index is 2.47. The third-order valence-electron chi connectivity index (χ3n) is 2.81. The van der Waals surface area contributed by atoms with Crippen LogP contribution >= 0.6 is 0 Å². The molecule has 0 bridgehead atoms. The Morgan fingerprint density at radius 3 is 2.44 bits per heavy atom. The molecule has 0 spiro atoms. The minimum absolute atomic E-state index is 0.347. The maximum atomic E-state index is 13.3. The van der Waals surface area contributed by atoms with Crippen molar-refractivity contribution in [1.29, 1.82) is 0 Å². The molecule has 1 heterocycles. The van der Waals surface area contributed by atoms with Crippen molar-refractivity contribution in [1.82, 2.24) is 10.2 Å². The second-order valence-corrected chi connectivity index (χ2v) is 4.49. The number of hydrogen-bond donors (Lipinski definition) is 1. The van der Waals surface area contributed by atoms with Crippen LogP contribution in [-0.4, -0.2) is 15.3 Å². The van der Waals surface area contributed by atoms with Crippen LogP contribution < -0.4 is 0 Å². The van der Waals surface area contributed by atoms with E-state index in [-0.39, 0.29) is 5.82 Å². The van der Waals surface area contributed by atoms with Gasteiger partial charge in [0.25, 0.3) is 0 Å². The number of aliphatic hydroxyl groups is 1. The molecule has 0 aliphatic rings. The molecule has 0 radical (unpaired) electrons. The highest BCUT2D eigenvalue weighted by Gasteiger charge is 2.15. The molecule has 0 aliphatic heterocycles. The Morgan fingerprint density at radius 1 is 1.06 bits per heavy atom. The molecule has 0 fully saturated rings. The first-order chi connectivity index (χ1) is 8.47. The molecule has 1 atom stereocenters. The summed E-state index contributed by atoms with van der Waals surface area (Å²) in [6, 6.07) is 6.31. The Bertz CT molecular complexity index is 564. The van der Waals surface area contributed by atoms with Gasteiger partial charge in [-0.15, -0.1) is 0 Å². The van der Waals surface area contributed by atoms with E-state index in [0.717, 1.165) is 11.3 Å². The summed E-state index contributed by atoms with van der Waals surface area (Å²) in [6.07, 6.45) is -0.881. The van der Waals surface area contributed by atoms with Crippen LogP contribution in [0.4, 0.5) is 4.39 Å². The van der Waals surface area contributed by atoms with E-state index >= 15 is 0 Å². The van der Waals surface area contributed by atoms with Crippen LogP contribution in [0.25, 0.3) is 0 Å². The lowest BCUT2D eigenvalue weighted by Gasteiger charge is -2.14. The smallest absolute Gasteiger partial charge is 0.123 e. The summed E-state index contributed by atoms with van der Waals surface area (Å²) < 4.78 is 13.3.